The van der Waals surface area contributed by atoms with Crippen LogP contribution in [0.3, 0.4) is 0 Å². The Hall–Kier alpha value is -3.44. The molecule has 0 saturated carbocycles. The van der Waals surface area contributed by atoms with Gasteiger partial charge in [0.2, 0.25) is 0 Å². The third-order valence-corrected chi connectivity index (χ3v) is 6.30. The van der Waals surface area contributed by atoms with Gasteiger partial charge in [-0.15, -0.1) is 11.8 Å². The maximum absolute atomic E-state index is 12.5. The first-order chi connectivity index (χ1) is 16.2. The van der Waals surface area contributed by atoms with E-state index in [0.29, 0.717) is 23.7 Å². The highest BCUT2D eigenvalue weighted by Gasteiger charge is 2.13. The Morgan fingerprint density at radius 1 is 0.818 bits per heavy atom. The maximum atomic E-state index is 12.5. The first-order valence-electron chi connectivity index (χ1n) is 11.0. The van der Waals surface area contributed by atoms with Crippen molar-refractivity contribution in [2.75, 3.05) is 12.4 Å². The standard InChI is InChI=1S/C28H26O4S/c29-25-20-26(32-28(30)27(25)33-19-17-22-10-5-2-6-11-22)23-13-15-24(16-14-23)31-18-7-12-21-8-3-1-4-9-21/h1-6,8-11,13-16,20,29H,7,12,17-19H2. The Balaban J connectivity index is 1.32. The van der Waals surface area contributed by atoms with Crippen LogP contribution in [0.15, 0.2) is 105 Å². The molecule has 0 atom stereocenters. The monoisotopic (exact) mass is 458 g/mol. The average Bonchev–Trinajstić information content (AvgIpc) is 2.85. The van der Waals surface area contributed by atoms with Crippen molar-refractivity contribution in [3.8, 4) is 22.8 Å². The van der Waals surface area contributed by atoms with Crippen LogP contribution in [0.25, 0.3) is 11.3 Å². The second kappa shape index (κ2) is 11.4. The fourth-order valence-corrected chi connectivity index (χ4v) is 4.40. The summed E-state index contributed by atoms with van der Waals surface area (Å²) in [5, 5.41) is 10.4. The minimum absolute atomic E-state index is 0.0550. The molecule has 33 heavy (non-hydrogen) atoms. The molecule has 5 heteroatoms. The van der Waals surface area contributed by atoms with Crippen molar-refractivity contribution in [2.45, 2.75) is 24.2 Å². The van der Waals surface area contributed by atoms with E-state index in [9.17, 15) is 9.90 Å². The number of ether oxygens (including phenoxy) is 1. The lowest BCUT2D eigenvalue weighted by molar-refractivity contribution is 0.311. The average molecular weight is 459 g/mol. The number of thioether (sulfide) groups is 1. The lowest BCUT2D eigenvalue weighted by atomic mass is 10.1. The minimum atomic E-state index is -0.524. The molecule has 4 aromatic rings. The predicted octanol–water partition coefficient (Wildman–Crippen LogP) is 6.36. The molecule has 0 aliphatic rings. The molecule has 0 fully saturated rings. The van der Waals surface area contributed by atoms with E-state index < -0.39 is 5.63 Å². The third-order valence-electron chi connectivity index (χ3n) is 5.23. The number of aryl methyl sites for hydroxylation is 2. The number of aromatic hydroxyl groups is 1. The second-order valence-electron chi connectivity index (χ2n) is 7.66. The predicted molar refractivity (Wildman–Crippen MR) is 133 cm³/mol. The third kappa shape index (κ3) is 6.53. The van der Waals surface area contributed by atoms with Crippen molar-refractivity contribution in [3.05, 3.63) is 113 Å². The molecule has 0 aliphatic carbocycles. The van der Waals surface area contributed by atoms with Crippen LogP contribution in [0.5, 0.6) is 11.5 Å². The van der Waals surface area contributed by atoms with Crippen LogP contribution in [0.2, 0.25) is 0 Å². The highest BCUT2D eigenvalue weighted by molar-refractivity contribution is 7.99. The van der Waals surface area contributed by atoms with Crippen LogP contribution in [0, 0.1) is 0 Å². The molecule has 0 unspecified atom stereocenters. The van der Waals surface area contributed by atoms with Crippen molar-refractivity contribution in [3.63, 3.8) is 0 Å². The Bertz CT molecular complexity index is 1200. The smallest absolute Gasteiger partial charge is 0.353 e. The van der Waals surface area contributed by atoms with Gasteiger partial charge < -0.3 is 14.3 Å². The summed E-state index contributed by atoms with van der Waals surface area (Å²) in [4.78, 5) is 12.7. The molecule has 0 aliphatic heterocycles. The molecule has 0 amide bonds. The van der Waals surface area contributed by atoms with Gasteiger partial charge in [-0.3, -0.25) is 0 Å². The topological polar surface area (TPSA) is 59.7 Å². The second-order valence-corrected chi connectivity index (χ2v) is 8.76. The van der Waals surface area contributed by atoms with Crippen LogP contribution < -0.4 is 10.4 Å². The summed E-state index contributed by atoms with van der Waals surface area (Å²) in [5.74, 6) is 1.71. The van der Waals surface area contributed by atoms with Crippen LogP contribution in [0.1, 0.15) is 17.5 Å². The molecule has 1 aromatic heterocycles. The molecule has 4 rings (SSSR count). The van der Waals surface area contributed by atoms with Gasteiger partial charge in [-0.1, -0.05) is 60.7 Å². The van der Waals surface area contributed by atoms with E-state index in [-0.39, 0.29) is 10.6 Å². The van der Waals surface area contributed by atoms with Gasteiger partial charge in [0, 0.05) is 17.4 Å². The van der Waals surface area contributed by atoms with E-state index in [0.717, 1.165) is 25.0 Å². The van der Waals surface area contributed by atoms with Crippen molar-refractivity contribution >= 4 is 11.8 Å². The van der Waals surface area contributed by atoms with Gasteiger partial charge >= 0.3 is 5.63 Å². The lowest BCUT2D eigenvalue weighted by Gasteiger charge is -2.08. The van der Waals surface area contributed by atoms with Crippen LogP contribution >= 0.6 is 11.8 Å². The fourth-order valence-electron chi connectivity index (χ4n) is 3.49. The molecule has 3 aromatic carbocycles. The first-order valence-corrected chi connectivity index (χ1v) is 12.0. The Kier molecular flexibility index (Phi) is 7.88. The molecule has 0 bridgehead atoms. The quantitative estimate of drug-likeness (QED) is 0.221. The van der Waals surface area contributed by atoms with E-state index in [1.54, 1.807) is 0 Å². The van der Waals surface area contributed by atoms with E-state index in [1.165, 1.54) is 29.0 Å². The number of hydrogen-bond acceptors (Lipinski definition) is 5. The molecule has 0 spiro atoms. The molecule has 1 N–H and O–H groups in total. The fraction of sp³-hybridized carbons (Fsp3) is 0.179. The van der Waals surface area contributed by atoms with E-state index in [4.69, 9.17) is 9.15 Å². The van der Waals surface area contributed by atoms with Gasteiger partial charge in [0.1, 0.15) is 22.2 Å². The zero-order valence-corrected chi connectivity index (χ0v) is 19.1. The molecular formula is C28H26O4S. The maximum Gasteiger partial charge on any atom is 0.353 e. The van der Waals surface area contributed by atoms with Gasteiger partial charge in [0.15, 0.2) is 0 Å². The van der Waals surface area contributed by atoms with E-state index in [2.05, 4.69) is 12.1 Å². The Labute approximate surface area is 197 Å². The zero-order chi connectivity index (χ0) is 22.9. The van der Waals surface area contributed by atoms with Crippen molar-refractivity contribution in [1.82, 2.24) is 0 Å². The first kappa shape index (κ1) is 22.7. The van der Waals surface area contributed by atoms with Crippen LogP contribution in [0.4, 0.5) is 0 Å². The van der Waals surface area contributed by atoms with Gasteiger partial charge in [0.25, 0.3) is 0 Å². The molecule has 168 valence electrons. The summed E-state index contributed by atoms with van der Waals surface area (Å²) in [6.45, 7) is 0.624. The van der Waals surface area contributed by atoms with Crippen LogP contribution in [-0.2, 0) is 12.8 Å². The zero-order valence-electron chi connectivity index (χ0n) is 18.3. The number of hydrogen-bond donors (Lipinski definition) is 1. The molecular weight excluding hydrogens is 432 g/mol. The van der Waals surface area contributed by atoms with Gasteiger partial charge in [0.05, 0.1) is 6.61 Å². The summed E-state index contributed by atoms with van der Waals surface area (Å²) in [6, 6.07) is 29.2. The summed E-state index contributed by atoms with van der Waals surface area (Å²) in [7, 11) is 0. The summed E-state index contributed by atoms with van der Waals surface area (Å²) < 4.78 is 11.3. The van der Waals surface area contributed by atoms with Crippen molar-refractivity contribution in [2.24, 2.45) is 0 Å². The largest absolute Gasteiger partial charge is 0.506 e. The lowest BCUT2D eigenvalue weighted by Crippen LogP contribution is -2.04. The van der Waals surface area contributed by atoms with Crippen molar-refractivity contribution < 1.29 is 14.3 Å². The Morgan fingerprint density at radius 2 is 1.45 bits per heavy atom. The molecule has 1 heterocycles. The summed E-state index contributed by atoms with van der Waals surface area (Å²) in [6.07, 6.45) is 2.70. The summed E-state index contributed by atoms with van der Waals surface area (Å²) >= 11 is 1.31. The molecule has 4 nitrogen and oxygen atoms in total. The highest BCUT2D eigenvalue weighted by atomic mass is 32.2. The molecule has 0 radical (unpaired) electrons. The van der Waals surface area contributed by atoms with Crippen molar-refractivity contribution in [1.29, 1.82) is 0 Å². The van der Waals surface area contributed by atoms with Gasteiger partial charge in [-0.2, -0.15) is 0 Å². The van der Waals surface area contributed by atoms with Gasteiger partial charge in [-0.25, -0.2) is 4.79 Å². The number of benzene rings is 3. The Morgan fingerprint density at radius 3 is 2.09 bits per heavy atom. The van der Waals surface area contributed by atoms with Gasteiger partial charge in [-0.05, 0) is 54.7 Å². The minimum Gasteiger partial charge on any atom is -0.506 e. The number of rotatable bonds is 10. The SMILES string of the molecule is O=c1oc(-c2ccc(OCCCc3ccccc3)cc2)cc(O)c1SCCc1ccccc1. The normalized spacial score (nSPS) is 10.8. The van der Waals surface area contributed by atoms with E-state index in [1.807, 2.05) is 72.8 Å². The molecule has 0 saturated heterocycles. The van der Waals surface area contributed by atoms with Crippen LogP contribution in [-0.4, -0.2) is 17.5 Å². The summed E-state index contributed by atoms with van der Waals surface area (Å²) in [5.41, 5.74) is 2.67. The van der Waals surface area contributed by atoms with E-state index >= 15 is 0 Å². The highest BCUT2D eigenvalue weighted by Crippen LogP contribution is 2.31.